The Morgan fingerprint density at radius 1 is 1.09 bits per heavy atom. The quantitative estimate of drug-likeness (QED) is 0.0827. The third-order valence-corrected chi connectivity index (χ3v) is 10.5. The fourth-order valence-corrected chi connectivity index (χ4v) is 7.96. The SMILES string of the molecule is CCCN(CC(=O)Nc1cc(N(C)C)c2c(c1O)C(O)=C1C(=O)[C@]3(O)C(O)=C(C(N)=O)C(=O)[C@@H](N(C)C)[C@@H]3C[C@@H]1C2)C(=O)OCOC(=O)c1cccs1. The first-order valence-electron chi connectivity index (χ1n) is 16.6. The van der Waals surface area contributed by atoms with Crippen molar-refractivity contribution in [1.82, 2.24) is 9.80 Å². The van der Waals surface area contributed by atoms with Crippen LogP contribution in [0.5, 0.6) is 5.75 Å². The number of ketones is 2. The summed E-state index contributed by atoms with van der Waals surface area (Å²) in [5, 5.41) is 50.4. The normalized spacial score (nSPS) is 22.1. The zero-order valence-electron chi connectivity index (χ0n) is 29.7. The summed E-state index contributed by atoms with van der Waals surface area (Å²) in [5.41, 5.74) is 1.73. The number of hydrogen-bond acceptors (Lipinski definition) is 15. The largest absolute Gasteiger partial charge is 0.508 e. The van der Waals surface area contributed by atoms with E-state index in [1.54, 1.807) is 43.4 Å². The van der Waals surface area contributed by atoms with Crippen molar-refractivity contribution in [2.75, 3.05) is 58.3 Å². The number of nitrogens with one attached hydrogen (secondary N) is 1. The second kappa shape index (κ2) is 14.9. The minimum absolute atomic E-state index is 0.0387. The van der Waals surface area contributed by atoms with Crippen molar-refractivity contribution in [3.63, 3.8) is 0 Å². The molecule has 1 heterocycles. The number of fused-ring (bicyclic) bond motifs is 3. The van der Waals surface area contributed by atoms with Crippen molar-refractivity contribution in [2.24, 2.45) is 17.6 Å². The number of phenols is 1. The van der Waals surface area contributed by atoms with Crippen LogP contribution in [-0.4, -0.2) is 125 Å². The molecule has 3 amide bonds. The molecule has 2 aromatic rings. The van der Waals surface area contributed by atoms with Gasteiger partial charge in [-0.3, -0.25) is 29.0 Å². The molecule has 0 unspecified atom stereocenters. The highest BCUT2D eigenvalue weighted by Crippen LogP contribution is 2.54. The molecule has 284 valence electrons. The third kappa shape index (κ3) is 6.80. The smallest absolute Gasteiger partial charge is 0.413 e. The Morgan fingerprint density at radius 2 is 1.79 bits per heavy atom. The molecule has 1 saturated carbocycles. The number of Topliss-reactive ketones (excluding diaryl/α,β-unsaturated/α-hetero) is 2. The molecule has 3 aliphatic rings. The van der Waals surface area contributed by atoms with E-state index in [1.165, 1.54) is 25.1 Å². The molecule has 7 N–H and O–H groups in total. The number of carbonyl (C=O) groups is 6. The van der Waals surface area contributed by atoms with E-state index >= 15 is 0 Å². The second-order valence-electron chi connectivity index (χ2n) is 13.4. The van der Waals surface area contributed by atoms with E-state index in [1.807, 2.05) is 0 Å². The van der Waals surface area contributed by atoms with Gasteiger partial charge in [-0.25, -0.2) is 9.59 Å². The lowest BCUT2D eigenvalue weighted by Gasteiger charge is -2.50. The van der Waals surface area contributed by atoms with Crippen molar-refractivity contribution in [3.8, 4) is 5.75 Å². The van der Waals surface area contributed by atoms with Gasteiger partial charge in [-0.05, 0) is 62.4 Å². The number of primary amides is 1. The maximum atomic E-state index is 14.2. The first-order valence-corrected chi connectivity index (χ1v) is 17.5. The second-order valence-corrected chi connectivity index (χ2v) is 14.4. The van der Waals surface area contributed by atoms with Gasteiger partial charge in [0.1, 0.15) is 34.3 Å². The van der Waals surface area contributed by atoms with E-state index < -0.39 is 95.1 Å². The molecule has 17 nitrogen and oxygen atoms in total. The molecule has 0 bridgehead atoms. The zero-order valence-corrected chi connectivity index (χ0v) is 30.5. The Bertz CT molecular complexity index is 1940. The van der Waals surface area contributed by atoms with Crippen LogP contribution in [0.1, 0.15) is 40.6 Å². The average Bonchev–Trinajstić information content (AvgIpc) is 3.62. The lowest BCUT2D eigenvalue weighted by molar-refractivity contribution is -0.153. The van der Waals surface area contributed by atoms with Crippen LogP contribution >= 0.6 is 11.3 Å². The number of aliphatic hydroxyl groups is 3. The number of esters is 1. The number of anilines is 2. The van der Waals surface area contributed by atoms with Gasteiger partial charge >= 0.3 is 12.1 Å². The Balaban J connectivity index is 1.45. The van der Waals surface area contributed by atoms with Gasteiger partial charge in [0.15, 0.2) is 11.4 Å². The Hall–Kier alpha value is -5.46. The molecule has 5 rings (SSSR count). The van der Waals surface area contributed by atoms with Crippen LogP contribution in [0.3, 0.4) is 0 Å². The Labute approximate surface area is 307 Å². The van der Waals surface area contributed by atoms with E-state index in [2.05, 4.69) is 5.32 Å². The number of phenolic OH excluding ortho intramolecular Hbond substituents is 1. The lowest BCUT2D eigenvalue weighted by atomic mass is 9.57. The van der Waals surface area contributed by atoms with Crippen LogP contribution in [0, 0.1) is 11.8 Å². The molecule has 53 heavy (non-hydrogen) atoms. The highest BCUT2D eigenvalue weighted by Gasteiger charge is 2.64. The lowest BCUT2D eigenvalue weighted by Crippen LogP contribution is -2.65. The van der Waals surface area contributed by atoms with E-state index in [0.29, 0.717) is 22.5 Å². The Kier molecular flexibility index (Phi) is 10.9. The number of likely N-dealkylation sites (N-methyl/N-ethyl adjacent to an activating group) is 1. The fourth-order valence-electron chi connectivity index (χ4n) is 7.34. The molecule has 0 aliphatic heterocycles. The van der Waals surface area contributed by atoms with Crippen molar-refractivity contribution >= 4 is 63.9 Å². The van der Waals surface area contributed by atoms with E-state index in [0.717, 1.165) is 16.2 Å². The predicted molar refractivity (Wildman–Crippen MR) is 190 cm³/mol. The number of rotatable bonds is 11. The van der Waals surface area contributed by atoms with E-state index in [9.17, 15) is 49.2 Å². The van der Waals surface area contributed by atoms with Crippen LogP contribution in [0.2, 0.25) is 0 Å². The van der Waals surface area contributed by atoms with Crippen molar-refractivity contribution in [3.05, 3.63) is 56.5 Å². The van der Waals surface area contributed by atoms with Crippen molar-refractivity contribution in [1.29, 1.82) is 0 Å². The van der Waals surface area contributed by atoms with Gasteiger partial charge in [0.05, 0.1) is 17.3 Å². The monoisotopic (exact) mass is 755 g/mol. The first-order chi connectivity index (χ1) is 24.9. The van der Waals surface area contributed by atoms with Crippen LogP contribution in [0.4, 0.5) is 16.2 Å². The zero-order chi connectivity index (χ0) is 39.1. The summed E-state index contributed by atoms with van der Waals surface area (Å²) in [6.07, 6.45) is -0.556. The summed E-state index contributed by atoms with van der Waals surface area (Å²) in [6.45, 7) is 0.616. The highest BCUT2D eigenvalue weighted by atomic mass is 32.1. The predicted octanol–water partition coefficient (Wildman–Crippen LogP) is 1.69. The van der Waals surface area contributed by atoms with Crippen LogP contribution < -0.4 is 16.0 Å². The third-order valence-electron chi connectivity index (χ3n) is 9.63. The molecule has 1 aromatic carbocycles. The molecule has 3 aliphatic carbocycles. The number of aromatic hydroxyl groups is 1. The minimum Gasteiger partial charge on any atom is -0.508 e. The first kappa shape index (κ1) is 38.8. The minimum atomic E-state index is -2.81. The number of amides is 3. The number of carbonyl (C=O) groups excluding carboxylic acids is 6. The van der Waals surface area contributed by atoms with Gasteiger partial charge in [-0.15, -0.1) is 11.3 Å². The number of benzene rings is 1. The summed E-state index contributed by atoms with van der Waals surface area (Å²) in [4.78, 5) is 82.5. The molecule has 0 radical (unpaired) electrons. The molecular formula is C35H41N5O12S. The van der Waals surface area contributed by atoms with Gasteiger partial charge < -0.3 is 45.9 Å². The average molecular weight is 756 g/mol. The number of hydrogen-bond donors (Lipinski definition) is 6. The van der Waals surface area contributed by atoms with E-state index in [-0.39, 0.29) is 36.2 Å². The standard InChI is InChI=1S/C35H41N5O12S/c1-6-9-40(34(49)52-15-51-33(48)21-8-7-10-53-21)14-22(41)37-19-13-20(38(2)3)17-11-16-12-18-26(39(4)5)29(44)25(32(36)47)31(46)35(18,50)30(45)23(16)28(43)24(17)27(19)42/h7-8,10,13,16,18,26,42-43,46,50H,6,9,11-12,14-15H2,1-5H3,(H2,36,47)(H,37,41)/t16-,18-,26-,35-/m0/s1. The molecule has 4 atom stereocenters. The number of ether oxygens (including phenoxy) is 2. The fraction of sp³-hybridized carbons (Fsp3) is 0.429. The number of aliphatic hydroxyl groups excluding tert-OH is 2. The summed E-state index contributed by atoms with van der Waals surface area (Å²) < 4.78 is 10.0. The molecule has 1 aromatic heterocycles. The van der Waals surface area contributed by atoms with Crippen LogP contribution in [0.15, 0.2) is 40.5 Å². The molecular weight excluding hydrogens is 714 g/mol. The number of nitrogens with zero attached hydrogens (tertiary/aromatic N) is 3. The van der Waals surface area contributed by atoms with Gasteiger partial charge in [0.25, 0.3) is 5.91 Å². The van der Waals surface area contributed by atoms with Gasteiger partial charge in [0, 0.05) is 37.8 Å². The topological polar surface area (TPSA) is 250 Å². The van der Waals surface area contributed by atoms with Gasteiger partial charge in [-0.2, -0.15) is 0 Å². The molecule has 0 spiro atoms. The van der Waals surface area contributed by atoms with Crippen molar-refractivity contribution in [2.45, 2.75) is 37.8 Å². The highest BCUT2D eigenvalue weighted by molar-refractivity contribution is 7.11. The summed E-state index contributed by atoms with van der Waals surface area (Å²) in [5.74, 6) is -9.42. The maximum absolute atomic E-state index is 14.2. The van der Waals surface area contributed by atoms with Crippen LogP contribution in [0.25, 0.3) is 5.76 Å². The Morgan fingerprint density at radius 3 is 2.38 bits per heavy atom. The van der Waals surface area contributed by atoms with E-state index in [4.69, 9.17) is 15.2 Å². The number of thiophene rings is 1. The number of nitrogens with two attached hydrogens (primary N) is 1. The van der Waals surface area contributed by atoms with Crippen LogP contribution in [-0.2, 0) is 35.1 Å². The van der Waals surface area contributed by atoms with Crippen molar-refractivity contribution < 1.29 is 58.7 Å². The summed E-state index contributed by atoms with van der Waals surface area (Å²) >= 11 is 1.15. The summed E-state index contributed by atoms with van der Waals surface area (Å²) in [6, 6.07) is 3.44. The molecule has 18 heteroatoms. The maximum Gasteiger partial charge on any atom is 0.413 e. The van der Waals surface area contributed by atoms with Gasteiger partial charge in [-0.1, -0.05) is 13.0 Å². The summed E-state index contributed by atoms with van der Waals surface area (Å²) in [7, 11) is 6.39. The molecule has 0 saturated heterocycles. The molecule has 1 fully saturated rings. The van der Waals surface area contributed by atoms with Gasteiger partial charge in [0.2, 0.25) is 18.5 Å².